The Morgan fingerprint density at radius 3 is 2.39 bits per heavy atom. The lowest BCUT2D eigenvalue weighted by Crippen LogP contribution is -2.16. The van der Waals surface area contributed by atoms with Gasteiger partial charge in [-0.25, -0.2) is 0 Å². The van der Waals surface area contributed by atoms with E-state index in [0.29, 0.717) is 6.54 Å². The third-order valence-corrected chi connectivity index (χ3v) is 3.43. The van der Waals surface area contributed by atoms with Gasteiger partial charge in [0, 0.05) is 31.1 Å². The SMILES string of the molecule is Cc1cc(C)c(C(CN)c2cnccn2)cc1C. The van der Waals surface area contributed by atoms with Crippen molar-refractivity contribution in [3.05, 3.63) is 58.7 Å². The molecule has 18 heavy (non-hydrogen) atoms. The van der Waals surface area contributed by atoms with Crippen molar-refractivity contribution >= 4 is 0 Å². The number of nitrogens with two attached hydrogens (primary N) is 1. The van der Waals surface area contributed by atoms with Crippen LogP contribution in [-0.2, 0) is 0 Å². The van der Waals surface area contributed by atoms with Gasteiger partial charge in [0.2, 0.25) is 0 Å². The molecule has 1 aromatic carbocycles. The predicted octanol–water partition coefficient (Wildman–Crippen LogP) is 2.49. The number of hydrogen-bond acceptors (Lipinski definition) is 3. The molecule has 0 radical (unpaired) electrons. The van der Waals surface area contributed by atoms with Gasteiger partial charge in [-0.3, -0.25) is 9.97 Å². The summed E-state index contributed by atoms with van der Waals surface area (Å²) in [5.41, 5.74) is 12.0. The fraction of sp³-hybridized carbons (Fsp3) is 0.333. The van der Waals surface area contributed by atoms with E-state index in [1.54, 1.807) is 18.6 Å². The molecule has 1 aromatic heterocycles. The van der Waals surface area contributed by atoms with E-state index < -0.39 is 0 Å². The van der Waals surface area contributed by atoms with Gasteiger partial charge in [-0.2, -0.15) is 0 Å². The second-order valence-corrected chi connectivity index (χ2v) is 4.71. The predicted molar refractivity (Wildman–Crippen MR) is 73.6 cm³/mol. The monoisotopic (exact) mass is 241 g/mol. The van der Waals surface area contributed by atoms with E-state index in [-0.39, 0.29) is 5.92 Å². The summed E-state index contributed by atoms with van der Waals surface area (Å²) in [7, 11) is 0. The standard InChI is InChI=1S/C15H19N3/c1-10-6-12(3)13(7-11(10)2)14(8-16)15-9-17-4-5-18-15/h4-7,9,14H,8,16H2,1-3H3. The Balaban J connectivity index is 2.49. The topological polar surface area (TPSA) is 51.8 Å². The van der Waals surface area contributed by atoms with Crippen molar-refractivity contribution < 1.29 is 0 Å². The summed E-state index contributed by atoms with van der Waals surface area (Å²) < 4.78 is 0. The Morgan fingerprint density at radius 1 is 1.06 bits per heavy atom. The zero-order valence-corrected chi connectivity index (χ0v) is 11.1. The van der Waals surface area contributed by atoms with Crippen LogP contribution >= 0.6 is 0 Å². The summed E-state index contributed by atoms with van der Waals surface area (Å²) in [5.74, 6) is 0.123. The van der Waals surface area contributed by atoms with Crippen molar-refractivity contribution in [2.24, 2.45) is 5.73 Å². The maximum absolute atomic E-state index is 5.93. The maximum Gasteiger partial charge on any atom is 0.0674 e. The van der Waals surface area contributed by atoms with Crippen LogP contribution in [0.4, 0.5) is 0 Å². The summed E-state index contributed by atoms with van der Waals surface area (Å²) in [6, 6.07) is 4.43. The summed E-state index contributed by atoms with van der Waals surface area (Å²) in [6.45, 7) is 6.93. The molecule has 3 heteroatoms. The first-order valence-electron chi connectivity index (χ1n) is 6.17. The van der Waals surface area contributed by atoms with E-state index >= 15 is 0 Å². The van der Waals surface area contributed by atoms with Gasteiger partial charge in [-0.1, -0.05) is 12.1 Å². The highest BCUT2D eigenvalue weighted by Crippen LogP contribution is 2.26. The molecule has 1 unspecified atom stereocenters. The highest BCUT2D eigenvalue weighted by atomic mass is 14.8. The molecule has 0 saturated carbocycles. The van der Waals surface area contributed by atoms with Crippen molar-refractivity contribution in [3.8, 4) is 0 Å². The number of nitrogens with zero attached hydrogens (tertiary/aromatic N) is 2. The van der Waals surface area contributed by atoms with Crippen LogP contribution < -0.4 is 5.73 Å². The van der Waals surface area contributed by atoms with Crippen LogP contribution in [0.1, 0.15) is 33.9 Å². The summed E-state index contributed by atoms with van der Waals surface area (Å²) >= 11 is 0. The summed E-state index contributed by atoms with van der Waals surface area (Å²) in [5, 5.41) is 0. The average molecular weight is 241 g/mol. The molecule has 0 aliphatic rings. The minimum absolute atomic E-state index is 0.123. The lowest BCUT2D eigenvalue weighted by molar-refractivity contribution is 0.772. The lowest BCUT2D eigenvalue weighted by Gasteiger charge is -2.18. The van der Waals surface area contributed by atoms with Crippen LogP contribution in [0.3, 0.4) is 0 Å². The highest BCUT2D eigenvalue weighted by molar-refractivity contribution is 5.41. The molecule has 0 aliphatic heterocycles. The number of aromatic nitrogens is 2. The van der Waals surface area contributed by atoms with Gasteiger partial charge in [-0.05, 0) is 43.0 Å². The third-order valence-electron chi connectivity index (χ3n) is 3.43. The van der Waals surface area contributed by atoms with Gasteiger partial charge in [0.05, 0.1) is 5.69 Å². The number of aryl methyl sites for hydroxylation is 3. The van der Waals surface area contributed by atoms with E-state index in [4.69, 9.17) is 5.73 Å². The average Bonchev–Trinajstić information content (AvgIpc) is 2.38. The Hall–Kier alpha value is -1.74. The molecule has 0 bridgehead atoms. The smallest absolute Gasteiger partial charge is 0.0674 e. The first-order valence-corrected chi connectivity index (χ1v) is 6.17. The number of hydrogen-bond donors (Lipinski definition) is 1. The zero-order chi connectivity index (χ0) is 13.1. The van der Waals surface area contributed by atoms with Crippen LogP contribution in [0.15, 0.2) is 30.7 Å². The molecule has 1 atom stereocenters. The highest BCUT2D eigenvalue weighted by Gasteiger charge is 2.16. The summed E-state index contributed by atoms with van der Waals surface area (Å²) in [4.78, 5) is 8.51. The van der Waals surface area contributed by atoms with E-state index in [1.165, 1.54) is 22.3 Å². The molecule has 0 aliphatic carbocycles. The second-order valence-electron chi connectivity index (χ2n) is 4.71. The van der Waals surface area contributed by atoms with Crippen molar-refractivity contribution in [1.29, 1.82) is 0 Å². The van der Waals surface area contributed by atoms with E-state index in [2.05, 4.69) is 42.9 Å². The molecule has 94 valence electrons. The van der Waals surface area contributed by atoms with Crippen LogP contribution in [0.25, 0.3) is 0 Å². The fourth-order valence-electron chi connectivity index (χ4n) is 2.26. The van der Waals surface area contributed by atoms with Gasteiger partial charge in [0.25, 0.3) is 0 Å². The van der Waals surface area contributed by atoms with Crippen molar-refractivity contribution in [2.45, 2.75) is 26.7 Å². The number of rotatable bonds is 3. The van der Waals surface area contributed by atoms with E-state index in [0.717, 1.165) is 5.69 Å². The third kappa shape index (κ3) is 2.41. The molecular formula is C15H19N3. The van der Waals surface area contributed by atoms with Gasteiger partial charge >= 0.3 is 0 Å². The Kier molecular flexibility index (Phi) is 3.72. The van der Waals surface area contributed by atoms with Gasteiger partial charge < -0.3 is 5.73 Å². The van der Waals surface area contributed by atoms with Crippen LogP contribution in [0.5, 0.6) is 0 Å². The normalized spacial score (nSPS) is 12.4. The molecule has 0 spiro atoms. The Morgan fingerprint density at radius 2 is 1.78 bits per heavy atom. The molecule has 3 nitrogen and oxygen atoms in total. The van der Waals surface area contributed by atoms with Crippen LogP contribution in [-0.4, -0.2) is 16.5 Å². The molecule has 0 amide bonds. The van der Waals surface area contributed by atoms with Crippen molar-refractivity contribution in [2.75, 3.05) is 6.54 Å². The van der Waals surface area contributed by atoms with Crippen molar-refractivity contribution in [1.82, 2.24) is 9.97 Å². The second kappa shape index (κ2) is 5.27. The first-order chi connectivity index (χ1) is 8.63. The van der Waals surface area contributed by atoms with Gasteiger partial charge in [0.1, 0.15) is 0 Å². The minimum atomic E-state index is 0.123. The molecule has 1 heterocycles. The van der Waals surface area contributed by atoms with Gasteiger partial charge in [-0.15, -0.1) is 0 Å². The first kappa shape index (κ1) is 12.7. The molecule has 2 rings (SSSR count). The molecule has 2 N–H and O–H groups in total. The van der Waals surface area contributed by atoms with E-state index in [9.17, 15) is 0 Å². The Bertz CT molecular complexity index is 535. The van der Waals surface area contributed by atoms with Crippen LogP contribution in [0.2, 0.25) is 0 Å². The summed E-state index contributed by atoms with van der Waals surface area (Å²) in [6.07, 6.45) is 5.20. The van der Waals surface area contributed by atoms with Crippen molar-refractivity contribution in [3.63, 3.8) is 0 Å². The Labute approximate surface area is 108 Å². The molecule has 2 aromatic rings. The zero-order valence-electron chi connectivity index (χ0n) is 11.1. The van der Waals surface area contributed by atoms with Crippen LogP contribution in [0, 0.1) is 20.8 Å². The van der Waals surface area contributed by atoms with E-state index in [1.807, 2.05) is 0 Å². The maximum atomic E-state index is 5.93. The fourth-order valence-corrected chi connectivity index (χ4v) is 2.26. The number of benzene rings is 1. The van der Waals surface area contributed by atoms with Gasteiger partial charge in [0.15, 0.2) is 0 Å². The molecular weight excluding hydrogens is 222 g/mol. The largest absolute Gasteiger partial charge is 0.329 e. The minimum Gasteiger partial charge on any atom is -0.329 e. The lowest BCUT2D eigenvalue weighted by atomic mass is 9.89. The quantitative estimate of drug-likeness (QED) is 0.898. The molecule has 0 fully saturated rings. The molecule has 0 saturated heterocycles.